The monoisotopic (exact) mass is 570 g/mol. The molecule has 5 aliphatic rings. The molecule has 1 aromatic carbocycles. The molecule has 0 radical (unpaired) electrons. The zero-order valence-corrected chi connectivity index (χ0v) is 24.0. The molecule has 2 aromatic rings. The van der Waals surface area contributed by atoms with E-state index in [4.69, 9.17) is 15.2 Å². The first-order valence-electron chi connectivity index (χ1n) is 15.0. The molecule has 4 N–H and O–H groups in total. The number of aliphatic hydroxyl groups excluding tert-OH is 2. The fourth-order valence-electron chi connectivity index (χ4n) is 9.47. The van der Waals surface area contributed by atoms with Crippen molar-refractivity contribution in [1.29, 1.82) is 0 Å². The smallest absolute Gasteiger partial charge is 0.193 e. The van der Waals surface area contributed by atoms with E-state index in [2.05, 4.69) is 11.9 Å². The Kier molecular flexibility index (Phi) is 6.37. The van der Waals surface area contributed by atoms with Gasteiger partial charge in [0, 0.05) is 34.7 Å². The highest BCUT2D eigenvalue weighted by Crippen LogP contribution is 2.70. The second-order valence-electron chi connectivity index (χ2n) is 13.4. The fourth-order valence-corrected chi connectivity index (χ4v) is 9.47. The van der Waals surface area contributed by atoms with E-state index >= 15 is 0 Å². The van der Waals surface area contributed by atoms with Gasteiger partial charge in [-0.3, -0.25) is 14.6 Å². The summed E-state index contributed by atoms with van der Waals surface area (Å²) in [5.74, 6) is -0.271. The van der Waals surface area contributed by atoms with E-state index in [1.807, 2.05) is 43.3 Å². The van der Waals surface area contributed by atoms with E-state index in [9.17, 15) is 19.8 Å². The second kappa shape index (κ2) is 9.67. The Balaban J connectivity index is 1.18. The van der Waals surface area contributed by atoms with Crippen LogP contribution in [-0.2, 0) is 25.5 Å². The maximum absolute atomic E-state index is 13.7. The number of aromatic nitrogens is 1. The van der Waals surface area contributed by atoms with Crippen LogP contribution >= 0.6 is 0 Å². The van der Waals surface area contributed by atoms with Crippen molar-refractivity contribution in [2.24, 2.45) is 28.6 Å². The number of pyridine rings is 1. The number of rotatable bonds is 5. The van der Waals surface area contributed by atoms with Gasteiger partial charge in [-0.15, -0.1) is 0 Å². The third-order valence-electron chi connectivity index (χ3n) is 11.3. The number of Topliss-reactive ketones (excluding diaryl/α,β-unsaturated/α-hetero) is 1. The number of nitrogens with zero attached hydrogens (tertiary/aromatic N) is 1. The second-order valence-corrected chi connectivity index (χ2v) is 13.4. The number of carbonyl (C=O) groups is 2. The predicted molar refractivity (Wildman–Crippen MR) is 155 cm³/mol. The van der Waals surface area contributed by atoms with Gasteiger partial charge >= 0.3 is 0 Å². The maximum atomic E-state index is 13.7. The van der Waals surface area contributed by atoms with Crippen LogP contribution < -0.4 is 5.73 Å². The standard InChI is InChI=1S/C34H38N2O6/c1-32-10-9-24(38)13-22(32)7-8-25-26-14-29-34(28(40)18-37,33(26,2)15-27(39)30(25)32)42-31(41-29)21-5-3-19(4-6-21)11-20-12-23(35)17-36-16-20/h3-6,9-10,12-13,16-17,25-27,29-31,37,39H,7-8,11,14-15,18,35H2,1-2H3/t25?,26-,27-,29+,30+,31+,32-,33-,34+/m0/s1. The molecule has 4 fully saturated rings. The van der Waals surface area contributed by atoms with Crippen LogP contribution in [0.25, 0.3) is 0 Å². The number of hydrogen-bond donors (Lipinski definition) is 3. The number of ether oxygens (including phenoxy) is 2. The highest BCUT2D eigenvalue weighted by molar-refractivity contribution is 6.01. The number of aliphatic hydroxyl groups is 2. The lowest BCUT2D eigenvalue weighted by Crippen LogP contribution is -2.63. The van der Waals surface area contributed by atoms with Crippen LogP contribution in [0.5, 0.6) is 0 Å². The largest absolute Gasteiger partial charge is 0.397 e. The van der Waals surface area contributed by atoms with Gasteiger partial charge in [0.1, 0.15) is 6.61 Å². The highest BCUT2D eigenvalue weighted by atomic mass is 16.7. The molecule has 4 aliphatic carbocycles. The van der Waals surface area contributed by atoms with Crippen molar-refractivity contribution in [3.05, 3.63) is 83.2 Å². The van der Waals surface area contributed by atoms with Gasteiger partial charge in [0.15, 0.2) is 23.5 Å². The van der Waals surface area contributed by atoms with Crippen molar-refractivity contribution < 1.29 is 29.3 Å². The molecule has 220 valence electrons. The van der Waals surface area contributed by atoms with Gasteiger partial charge in [-0.25, -0.2) is 0 Å². The summed E-state index contributed by atoms with van der Waals surface area (Å²) in [4.78, 5) is 30.0. The number of nitrogens with two attached hydrogens (primary N) is 1. The van der Waals surface area contributed by atoms with Crippen LogP contribution in [-0.4, -0.2) is 51.2 Å². The summed E-state index contributed by atoms with van der Waals surface area (Å²) in [7, 11) is 0. The summed E-state index contributed by atoms with van der Waals surface area (Å²) in [5.41, 5.74) is 8.00. The molecule has 1 unspecified atom stereocenters. The van der Waals surface area contributed by atoms with Crippen LogP contribution in [0.15, 0.2) is 66.5 Å². The van der Waals surface area contributed by atoms with E-state index in [0.717, 1.165) is 35.1 Å². The van der Waals surface area contributed by atoms with Gasteiger partial charge in [0.05, 0.1) is 17.9 Å². The Morgan fingerprint density at radius 1 is 1.17 bits per heavy atom. The summed E-state index contributed by atoms with van der Waals surface area (Å²) in [6, 6.07) is 9.83. The molecule has 2 heterocycles. The van der Waals surface area contributed by atoms with E-state index < -0.39 is 41.5 Å². The lowest BCUT2D eigenvalue weighted by atomic mass is 9.46. The summed E-state index contributed by atoms with van der Waals surface area (Å²) in [5, 5.41) is 22.0. The quantitative estimate of drug-likeness (QED) is 0.494. The van der Waals surface area contributed by atoms with Crippen LogP contribution in [0.4, 0.5) is 5.69 Å². The molecule has 1 saturated heterocycles. The third-order valence-corrected chi connectivity index (χ3v) is 11.3. The first kappa shape index (κ1) is 27.7. The average Bonchev–Trinajstić information content (AvgIpc) is 3.46. The van der Waals surface area contributed by atoms with E-state index in [0.29, 0.717) is 24.9 Å². The topological polar surface area (TPSA) is 132 Å². The van der Waals surface area contributed by atoms with Crippen molar-refractivity contribution in [1.82, 2.24) is 4.98 Å². The molecule has 3 saturated carbocycles. The van der Waals surface area contributed by atoms with Gasteiger partial charge in [-0.1, -0.05) is 49.8 Å². The molecule has 8 heteroatoms. The molecule has 1 aromatic heterocycles. The first-order chi connectivity index (χ1) is 20.1. The number of anilines is 1. The minimum absolute atomic E-state index is 0.00148. The summed E-state index contributed by atoms with van der Waals surface area (Å²) in [6.45, 7) is 3.53. The Hall–Kier alpha value is -3.17. The van der Waals surface area contributed by atoms with Crippen LogP contribution in [0, 0.1) is 28.6 Å². The van der Waals surface area contributed by atoms with Crippen LogP contribution in [0.3, 0.4) is 0 Å². The number of allylic oxidation sites excluding steroid dienone is 4. The Bertz CT molecular complexity index is 1500. The number of carbonyl (C=O) groups excluding carboxylic acids is 2. The van der Waals surface area contributed by atoms with Crippen molar-refractivity contribution in [3.8, 4) is 0 Å². The number of ketones is 2. The van der Waals surface area contributed by atoms with Crippen LogP contribution in [0.1, 0.15) is 62.5 Å². The van der Waals surface area contributed by atoms with E-state index in [1.165, 1.54) is 0 Å². The van der Waals surface area contributed by atoms with Crippen molar-refractivity contribution in [2.45, 2.75) is 70.1 Å². The molecular formula is C34H38N2O6. The highest BCUT2D eigenvalue weighted by Gasteiger charge is 2.75. The number of benzene rings is 1. The molecule has 42 heavy (non-hydrogen) atoms. The van der Waals surface area contributed by atoms with Crippen molar-refractivity contribution in [3.63, 3.8) is 0 Å². The lowest BCUT2D eigenvalue weighted by Gasteiger charge is -2.59. The molecule has 0 bridgehead atoms. The summed E-state index contributed by atoms with van der Waals surface area (Å²) >= 11 is 0. The minimum Gasteiger partial charge on any atom is -0.397 e. The Labute approximate surface area is 245 Å². The summed E-state index contributed by atoms with van der Waals surface area (Å²) in [6.07, 6.45) is 10.0. The van der Waals surface area contributed by atoms with Crippen molar-refractivity contribution >= 4 is 17.3 Å². The molecule has 7 rings (SSSR count). The molecular weight excluding hydrogens is 532 g/mol. The maximum Gasteiger partial charge on any atom is 0.193 e. The zero-order valence-electron chi connectivity index (χ0n) is 24.0. The van der Waals surface area contributed by atoms with Gasteiger partial charge in [-0.2, -0.15) is 0 Å². The number of fused-ring (bicyclic) bond motifs is 7. The average molecular weight is 571 g/mol. The normalized spacial score (nSPS) is 40.1. The van der Waals surface area contributed by atoms with Gasteiger partial charge < -0.3 is 25.4 Å². The predicted octanol–water partition coefficient (Wildman–Crippen LogP) is 3.86. The zero-order chi connectivity index (χ0) is 29.4. The van der Waals surface area contributed by atoms with Crippen molar-refractivity contribution in [2.75, 3.05) is 12.3 Å². The van der Waals surface area contributed by atoms with E-state index in [-0.39, 0.29) is 29.3 Å². The van der Waals surface area contributed by atoms with Gasteiger partial charge in [0.25, 0.3) is 0 Å². The van der Waals surface area contributed by atoms with E-state index in [1.54, 1.807) is 24.5 Å². The van der Waals surface area contributed by atoms with Gasteiger partial charge in [0.2, 0.25) is 0 Å². The SMILES string of the molecule is C[C@]12C=CC(=O)C=C1CCC1[C@@H]2[C@@H](O)C[C@@]2(C)[C@H]1C[C@H]1O[C@@H](c3ccc(Cc4cncc(N)c4)cc3)O[C@]12C(=O)CO. The lowest BCUT2D eigenvalue weighted by molar-refractivity contribution is -0.201. The minimum atomic E-state index is -1.36. The number of nitrogen functional groups attached to an aromatic ring is 1. The number of hydrogen-bond acceptors (Lipinski definition) is 8. The third kappa shape index (κ3) is 3.85. The van der Waals surface area contributed by atoms with Gasteiger partial charge in [-0.05, 0) is 73.3 Å². The molecule has 1 aliphatic heterocycles. The summed E-state index contributed by atoms with van der Waals surface area (Å²) < 4.78 is 13.2. The molecule has 9 atom stereocenters. The van der Waals surface area contributed by atoms with Crippen LogP contribution in [0.2, 0.25) is 0 Å². The Morgan fingerprint density at radius 3 is 2.69 bits per heavy atom. The first-order valence-corrected chi connectivity index (χ1v) is 15.0. The fraction of sp³-hybridized carbons (Fsp3) is 0.500. The Morgan fingerprint density at radius 2 is 1.95 bits per heavy atom. The molecule has 8 nitrogen and oxygen atoms in total. The molecule has 0 spiro atoms. The molecule has 0 amide bonds.